The number of amides is 1. The average Bonchev–Trinajstić information content (AvgIpc) is 3.24. The average molecular weight is 322 g/mol. The van der Waals surface area contributed by atoms with Gasteiger partial charge in [0.2, 0.25) is 0 Å². The Morgan fingerprint density at radius 3 is 3.12 bits per heavy atom. The third kappa shape index (κ3) is 2.52. The lowest BCUT2D eigenvalue weighted by Gasteiger charge is -2.10. The van der Waals surface area contributed by atoms with Gasteiger partial charge >= 0.3 is 0 Å². The Balaban J connectivity index is 1.69. The number of carbonyl (C=O) groups excluding carboxylic acids is 1. The molecule has 1 amide bonds. The topological polar surface area (TPSA) is 84.7 Å². The number of nitrogens with zero attached hydrogens (tertiary/aromatic N) is 4. The summed E-state index contributed by atoms with van der Waals surface area (Å²) in [6, 6.07) is 8.01. The van der Waals surface area contributed by atoms with Gasteiger partial charge in [0.1, 0.15) is 0 Å². The molecule has 1 atom stereocenters. The van der Waals surface area contributed by atoms with Crippen LogP contribution in [0, 0.1) is 6.92 Å². The van der Waals surface area contributed by atoms with Gasteiger partial charge in [-0.1, -0.05) is 17.3 Å². The quantitative estimate of drug-likeness (QED) is 0.757. The molecular formula is C17H18N6O. The molecule has 1 aliphatic heterocycles. The summed E-state index contributed by atoms with van der Waals surface area (Å²) in [4.78, 5) is 16.6. The number of carbonyl (C=O) groups is 1. The smallest absolute Gasteiger partial charge is 0.274 e. The Bertz CT molecular complexity index is 892. The number of nitrogens with one attached hydrogen (secondary N) is 2. The fourth-order valence-corrected chi connectivity index (χ4v) is 3.09. The van der Waals surface area contributed by atoms with Gasteiger partial charge < -0.3 is 10.6 Å². The summed E-state index contributed by atoms with van der Waals surface area (Å²) < 4.78 is 1.71. The second-order valence-corrected chi connectivity index (χ2v) is 5.97. The minimum Gasteiger partial charge on any atom is -0.347 e. The molecule has 4 rings (SSSR count). The molecule has 7 nitrogen and oxygen atoms in total. The highest BCUT2D eigenvalue weighted by Crippen LogP contribution is 2.22. The van der Waals surface area contributed by atoms with Crippen LogP contribution in [0.5, 0.6) is 0 Å². The first-order chi connectivity index (χ1) is 11.7. The molecule has 7 heteroatoms. The summed E-state index contributed by atoms with van der Waals surface area (Å²) in [6.45, 7) is 3.59. The van der Waals surface area contributed by atoms with Crippen molar-refractivity contribution in [3.05, 3.63) is 48.0 Å². The van der Waals surface area contributed by atoms with Crippen molar-refractivity contribution < 1.29 is 4.79 Å². The third-order valence-electron chi connectivity index (χ3n) is 4.39. The van der Waals surface area contributed by atoms with Gasteiger partial charge in [-0.15, -0.1) is 5.10 Å². The van der Waals surface area contributed by atoms with Crippen molar-refractivity contribution in [2.24, 2.45) is 0 Å². The zero-order valence-electron chi connectivity index (χ0n) is 13.4. The molecule has 1 aliphatic rings. The molecule has 1 unspecified atom stereocenters. The van der Waals surface area contributed by atoms with Crippen molar-refractivity contribution in [2.45, 2.75) is 19.4 Å². The van der Waals surface area contributed by atoms with E-state index in [1.165, 1.54) is 0 Å². The van der Waals surface area contributed by atoms with Crippen molar-refractivity contribution >= 4 is 16.7 Å². The molecule has 24 heavy (non-hydrogen) atoms. The van der Waals surface area contributed by atoms with Crippen molar-refractivity contribution in [3.63, 3.8) is 0 Å². The van der Waals surface area contributed by atoms with Gasteiger partial charge in [0.15, 0.2) is 5.69 Å². The Labute approximate surface area is 139 Å². The van der Waals surface area contributed by atoms with Crippen LogP contribution in [0.25, 0.3) is 16.5 Å². The van der Waals surface area contributed by atoms with Crippen molar-refractivity contribution in [2.75, 3.05) is 13.1 Å². The van der Waals surface area contributed by atoms with E-state index in [2.05, 4.69) is 25.9 Å². The molecule has 0 spiro atoms. The minimum absolute atomic E-state index is 0.158. The molecule has 2 N–H and O–H groups in total. The number of rotatable bonds is 3. The highest BCUT2D eigenvalue weighted by molar-refractivity contribution is 5.94. The molecule has 3 aromatic rings. The monoisotopic (exact) mass is 322 g/mol. The predicted molar refractivity (Wildman–Crippen MR) is 90.1 cm³/mol. The molecule has 1 saturated heterocycles. The van der Waals surface area contributed by atoms with Crippen LogP contribution in [0.3, 0.4) is 0 Å². The van der Waals surface area contributed by atoms with Crippen LogP contribution in [-0.2, 0) is 0 Å². The zero-order chi connectivity index (χ0) is 16.5. The van der Waals surface area contributed by atoms with E-state index in [1.807, 2.05) is 37.4 Å². The zero-order valence-corrected chi connectivity index (χ0v) is 13.4. The summed E-state index contributed by atoms with van der Waals surface area (Å²) in [5.74, 6) is -0.172. The van der Waals surface area contributed by atoms with Gasteiger partial charge in [0.25, 0.3) is 5.91 Å². The normalized spacial score (nSPS) is 17.3. The first kappa shape index (κ1) is 14.8. The molecule has 0 radical (unpaired) electrons. The molecule has 0 saturated carbocycles. The second kappa shape index (κ2) is 6.01. The van der Waals surface area contributed by atoms with Crippen molar-refractivity contribution in [1.29, 1.82) is 0 Å². The summed E-state index contributed by atoms with van der Waals surface area (Å²) in [7, 11) is 0. The summed E-state index contributed by atoms with van der Waals surface area (Å²) >= 11 is 0. The van der Waals surface area contributed by atoms with Crippen LogP contribution in [0.2, 0.25) is 0 Å². The second-order valence-electron chi connectivity index (χ2n) is 5.97. The Hall–Kier alpha value is -2.80. The number of hydrogen-bond acceptors (Lipinski definition) is 5. The fourth-order valence-electron chi connectivity index (χ4n) is 3.09. The molecule has 2 aromatic heterocycles. The molecular weight excluding hydrogens is 304 g/mol. The highest BCUT2D eigenvalue weighted by Gasteiger charge is 2.22. The van der Waals surface area contributed by atoms with E-state index >= 15 is 0 Å². The minimum atomic E-state index is -0.172. The van der Waals surface area contributed by atoms with Gasteiger partial charge in [-0.05, 0) is 32.0 Å². The Morgan fingerprint density at radius 2 is 2.29 bits per heavy atom. The largest absolute Gasteiger partial charge is 0.347 e. The SMILES string of the molecule is Cc1c(C(=O)NC2CCNC2)nnn1-c1cccc2cnccc12. The number of fused-ring (bicyclic) bond motifs is 1. The lowest BCUT2D eigenvalue weighted by Crippen LogP contribution is -2.36. The summed E-state index contributed by atoms with van der Waals surface area (Å²) in [5.41, 5.74) is 1.98. The van der Waals surface area contributed by atoms with Crippen LogP contribution in [0.15, 0.2) is 36.7 Å². The lowest BCUT2D eigenvalue weighted by atomic mass is 10.1. The van der Waals surface area contributed by atoms with E-state index < -0.39 is 0 Å². The number of hydrogen-bond donors (Lipinski definition) is 2. The van der Waals surface area contributed by atoms with Gasteiger partial charge in [0, 0.05) is 35.8 Å². The third-order valence-corrected chi connectivity index (χ3v) is 4.39. The molecule has 1 aromatic carbocycles. The highest BCUT2D eigenvalue weighted by atomic mass is 16.2. The van der Waals surface area contributed by atoms with E-state index in [9.17, 15) is 4.79 Å². The van der Waals surface area contributed by atoms with Crippen molar-refractivity contribution in [3.8, 4) is 5.69 Å². The van der Waals surface area contributed by atoms with E-state index in [-0.39, 0.29) is 11.9 Å². The van der Waals surface area contributed by atoms with Crippen LogP contribution in [-0.4, -0.2) is 45.0 Å². The number of aromatic nitrogens is 4. The predicted octanol–water partition coefficient (Wildman–Crippen LogP) is 1.22. The number of benzene rings is 1. The fraction of sp³-hybridized carbons (Fsp3) is 0.294. The van der Waals surface area contributed by atoms with Gasteiger partial charge in [-0.25, -0.2) is 4.68 Å². The Kier molecular flexibility index (Phi) is 3.70. The molecule has 3 heterocycles. The summed E-state index contributed by atoms with van der Waals surface area (Å²) in [6.07, 6.45) is 4.50. The van der Waals surface area contributed by atoms with Crippen LogP contribution >= 0.6 is 0 Å². The van der Waals surface area contributed by atoms with Crippen LogP contribution < -0.4 is 10.6 Å². The standard InChI is InChI=1S/C17H18N6O/c1-11-16(17(24)20-13-5-7-19-10-13)21-22-23(11)15-4-2-3-12-9-18-8-6-14(12)15/h2-4,6,8-9,13,19H,5,7,10H2,1H3,(H,20,24). The van der Waals surface area contributed by atoms with Gasteiger partial charge in [0.05, 0.1) is 11.4 Å². The maximum atomic E-state index is 12.5. The van der Waals surface area contributed by atoms with Crippen LogP contribution in [0.4, 0.5) is 0 Å². The van der Waals surface area contributed by atoms with E-state index in [0.29, 0.717) is 5.69 Å². The van der Waals surface area contributed by atoms with E-state index in [4.69, 9.17) is 0 Å². The van der Waals surface area contributed by atoms with Crippen molar-refractivity contribution in [1.82, 2.24) is 30.6 Å². The molecule has 1 fully saturated rings. The van der Waals surface area contributed by atoms with E-state index in [0.717, 1.165) is 41.7 Å². The maximum absolute atomic E-state index is 12.5. The molecule has 0 aliphatic carbocycles. The summed E-state index contributed by atoms with van der Waals surface area (Å²) in [5, 5.41) is 16.6. The lowest BCUT2D eigenvalue weighted by molar-refractivity contribution is 0.0934. The molecule has 122 valence electrons. The van der Waals surface area contributed by atoms with E-state index in [1.54, 1.807) is 10.9 Å². The van der Waals surface area contributed by atoms with Gasteiger partial charge in [-0.2, -0.15) is 0 Å². The number of pyridine rings is 1. The van der Waals surface area contributed by atoms with Crippen LogP contribution in [0.1, 0.15) is 22.6 Å². The maximum Gasteiger partial charge on any atom is 0.274 e. The Morgan fingerprint density at radius 1 is 1.38 bits per heavy atom. The first-order valence-electron chi connectivity index (χ1n) is 8.01. The first-order valence-corrected chi connectivity index (χ1v) is 8.01. The molecule has 0 bridgehead atoms. The van der Waals surface area contributed by atoms with Gasteiger partial charge in [-0.3, -0.25) is 9.78 Å².